The van der Waals surface area contributed by atoms with Crippen molar-refractivity contribution in [2.24, 2.45) is 5.92 Å². The first-order valence-corrected chi connectivity index (χ1v) is 6.00. The predicted octanol–water partition coefficient (Wildman–Crippen LogP) is 1.80. The van der Waals surface area contributed by atoms with Gasteiger partial charge in [-0.05, 0) is 44.1 Å². The Morgan fingerprint density at radius 3 is 2.82 bits per heavy atom. The summed E-state index contributed by atoms with van der Waals surface area (Å²) in [7, 11) is 4.13. The normalized spacial score (nSPS) is 20.8. The maximum atomic E-state index is 13.2. The molecule has 17 heavy (non-hydrogen) atoms. The molecule has 1 heterocycles. The van der Waals surface area contributed by atoms with Gasteiger partial charge in [-0.25, -0.2) is 4.39 Å². The molecule has 0 spiro atoms. The molecule has 1 unspecified atom stereocenters. The van der Waals surface area contributed by atoms with E-state index in [9.17, 15) is 4.39 Å². The van der Waals surface area contributed by atoms with E-state index in [1.54, 1.807) is 0 Å². The van der Waals surface area contributed by atoms with E-state index in [1.807, 2.05) is 13.1 Å². The summed E-state index contributed by atoms with van der Waals surface area (Å²) < 4.78 is 13.2. The van der Waals surface area contributed by atoms with E-state index in [-0.39, 0.29) is 5.82 Å². The lowest BCUT2D eigenvalue weighted by atomic mass is 10.1. The lowest BCUT2D eigenvalue weighted by Gasteiger charge is -2.23. The van der Waals surface area contributed by atoms with Gasteiger partial charge in [-0.2, -0.15) is 0 Å². The van der Waals surface area contributed by atoms with E-state index in [2.05, 4.69) is 16.8 Å². The quantitative estimate of drug-likeness (QED) is 0.814. The van der Waals surface area contributed by atoms with Gasteiger partial charge in [0.25, 0.3) is 0 Å². The second-order valence-corrected chi connectivity index (χ2v) is 5.04. The van der Waals surface area contributed by atoms with Gasteiger partial charge in [0.2, 0.25) is 0 Å². The molecule has 2 rings (SSSR count). The van der Waals surface area contributed by atoms with Crippen molar-refractivity contribution in [2.45, 2.75) is 6.42 Å². The van der Waals surface area contributed by atoms with Crippen LogP contribution >= 0.6 is 0 Å². The number of hydrogen-bond donors (Lipinski definition) is 1. The molecule has 1 atom stereocenters. The highest BCUT2D eigenvalue weighted by Crippen LogP contribution is 2.22. The Morgan fingerprint density at radius 1 is 1.47 bits per heavy atom. The Morgan fingerprint density at radius 2 is 2.24 bits per heavy atom. The van der Waals surface area contributed by atoms with Crippen LogP contribution in [0.25, 0.3) is 0 Å². The first kappa shape index (κ1) is 12.2. The number of benzene rings is 1. The van der Waals surface area contributed by atoms with Crippen molar-refractivity contribution in [2.75, 3.05) is 44.4 Å². The Balaban J connectivity index is 2.01. The van der Waals surface area contributed by atoms with Gasteiger partial charge >= 0.3 is 0 Å². The summed E-state index contributed by atoms with van der Waals surface area (Å²) in [5, 5.41) is 0. The van der Waals surface area contributed by atoms with Crippen LogP contribution in [0, 0.1) is 11.7 Å². The van der Waals surface area contributed by atoms with Crippen LogP contribution in [0.2, 0.25) is 0 Å². The molecule has 1 saturated heterocycles. The number of nitrogen functional groups attached to an aromatic ring is 1. The third-order valence-corrected chi connectivity index (χ3v) is 3.37. The van der Waals surface area contributed by atoms with Crippen molar-refractivity contribution in [3.05, 3.63) is 24.0 Å². The van der Waals surface area contributed by atoms with E-state index < -0.39 is 0 Å². The molecule has 0 bridgehead atoms. The number of halogens is 1. The standard InChI is InChI=1S/C13H20FN3/c1-16-4-3-10(8-16)9-17(2)13-6-11(14)5-12(15)7-13/h5-7,10H,3-4,8-9,15H2,1-2H3. The third kappa shape index (κ3) is 3.09. The fourth-order valence-corrected chi connectivity index (χ4v) is 2.48. The zero-order chi connectivity index (χ0) is 12.4. The van der Waals surface area contributed by atoms with Crippen molar-refractivity contribution >= 4 is 11.4 Å². The largest absolute Gasteiger partial charge is 0.399 e. The molecule has 0 amide bonds. The Kier molecular flexibility index (Phi) is 3.52. The van der Waals surface area contributed by atoms with Gasteiger partial charge in [-0.15, -0.1) is 0 Å². The first-order chi connectivity index (χ1) is 8.04. The molecule has 1 aromatic carbocycles. The maximum absolute atomic E-state index is 13.2. The minimum Gasteiger partial charge on any atom is -0.399 e. The van der Waals surface area contributed by atoms with Gasteiger partial charge in [0.1, 0.15) is 5.82 Å². The highest BCUT2D eigenvalue weighted by atomic mass is 19.1. The molecular weight excluding hydrogens is 217 g/mol. The molecule has 0 aliphatic carbocycles. The molecule has 4 heteroatoms. The van der Waals surface area contributed by atoms with E-state index in [1.165, 1.54) is 18.6 Å². The minimum absolute atomic E-state index is 0.268. The smallest absolute Gasteiger partial charge is 0.127 e. The van der Waals surface area contributed by atoms with Crippen LogP contribution in [0.1, 0.15) is 6.42 Å². The average molecular weight is 237 g/mol. The number of nitrogens with two attached hydrogens (primary N) is 1. The fraction of sp³-hybridized carbons (Fsp3) is 0.538. The van der Waals surface area contributed by atoms with Crippen molar-refractivity contribution in [3.63, 3.8) is 0 Å². The van der Waals surface area contributed by atoms with Crippen LogP contribution in [0.5, 0.6) is 0 Å². The second kappa shape index (κ2) is 4.92. The summed E-state index contributed by atoms with van der Waals surface area (Å²) in [6.07, 6.45) is 1.21. The molecule has 1 aliphatic rings. The lowest BCUT2D eigenvalue weighted by molar-refractivity contribution is 0.396. The van der Waals surface area contributed by atoms with Gasteiger partial charge in [0.05, 0.1) is 0 Å². The Labute approximate surface area is 102 Å². The van der Waals surface area contributed by atoms with Crippen molar-refractivity contribution in [3.8, 4) is 0 Å². The van der Waals surface area contributed by atoms with Crippen LogP contribution in [0.4, 0.5) is 15.8 Å². The fourth-order valence-electron chi connectivity index (χ4n) is 2.48. The minimum atomic E-state index is -0.268. The van der Waals surface area contributed by atoms with E-state index in [0.717, 1.165) is 25.3 Å². The highest BCUT2D eigenvalue weighted by Gasteiger charge is 2.21. The first-order valence-electron chi connectivity index (χ1n) is 6.00. The molecule has 1 aliphatic heterocycles. The van der Waals surface area contributed by atoms with Crippen LogP contribution in [0.15, 0.2) is 18.2 Å². The average Bonchev–Trinajstić information content (AvgIpc) is 2.62. The number of hydrogen-bond acceptors (Lipinski definition) is 3. The lowest BCUT2D eigenvalue weighted by Crippen LogP contribution is -2.27. The van der Waals surface area contributed by atoms with Crippen LogP contribution in [-0.2, 0) is 0 Å². The zero-order valence-electron chi connectivity index (χ0n) is 10.5. The van der Waals surface area contributed by atoms with Crippen molar-refractivity contribution in [1.82, 2.24) is 4.90 Å². The van der Waals surface area contributed by atoms with Gasteiger partial charge in [-0.1, -0.05) is 0 Å². The van der Waals surface area contributed by atoms with Crippen LogP contribution in [0.3, 0.4) is 0 Å². The topological polar surface area (TPSA) is 32.5 Å². The van der Waals surface area contributed by atoms with Crippen molar-refractivity contribution < 1.29 is 4.39 Å². The summed E-state index contributed by atoms with van der Waals surface area (Å²) in [6, 6.07) is 4.71. The summed E-state index contributed by atoms with van der Waals surface area (Å²) in [6.45, 7) is 3.23. The number of likely N-dealkylation sites (tertiary alicyclic amines) is 1. The van der Waals surface area contributed by atoms with Gasteiger partial charge in [0.15, 0.2) is 0 Å². The van der Waals surface area contributed by atoms with E-state index in [4.69, 9.17) is 5.73 Å². The van der Waals surface area contributed by atoms with E-state index >= 15 is 0 Å². The Bertz CT molecular complexity index is 374. The highest BCUT2D eigenvalue weighted by molar-refractivity contribution is 5.56. The third-order valence-electron chi connectivity index (χ3n) is 3.37. The maximum Gasteiger partial charge on any atom is 0.127 e. The van der Waals surface area contributed by atoms with Crippen LogP contribution in [-0.4, -0.2) is 38.6 Å². The molecule has 3 nitrogen and oxygen atoms in total. The summed E-state index contributed by atoms with van der Waals surface area (Å²) in [4.78, 5) is 4.42. The van der Waals surface area contributed by atoms with Gasteiger partial charge in [-0.3, -0.25) is 0 Å². The van der Waals surface area contributed by atoms with E-state index in [0.29, 0.717) is 11.6 Å². The van der Waals surface area contributed by atoms with Gasteiger partial charge < -0.3 is 15.5 Å². The Hall–Kier alpha value is -1.29. The summed E-state index contributed by atoms with van der Waals surface area (Å²) >= 11 is 0. The molecule has 2 N–H and O–H groups in total. The number of anilines is 2. The predicted molar refractivity (Wildman–Crippen MR) is 69.7 cm³/mol. The summed E-state index contributed by atoms with van der Waals surface area (Å²) in [5.41, 5.74) is 6.99. The van der Waals surface area contributed by atoms with Crippen molar-refractivity contribution in [1.29, 1.82) is 0 Å². The van der Waals surface area contributed by atoms with Crippen LogP contribution < -0.4 is 10.6 Å². The number of rotatable bonds is 3. The molecule has 0 radical (unpaired) electrons. The molecule has 0 aromatic heterocycles. The molecular formula is C13H20FN3. The second-order valence-electron chi connectivity index (χ2n) is 5.04. The molecule has 1 fully saturated rings. The summed E-state index contributed by atoms with van der Waals surface area (Å²) in [5.74, 6) is 0.393. The monoisotopic (exact) mass is 237 g/mol. The number of nitrogens with zero attached hydrogens (tertiary/aromatic N) is 2. The van der Waals surface area contributed by atoms with Gasteiger partial charge in [0, 0.05) is 31.5 Å². The molecule has 0 saturated carbocycles. The zero-order valence-corrected chi connectivity index (χ0v) is 10.5. The SMILES string of the molecule is CN1CCC(CN(C)c2cc(N)cc(F)c2)C1. The molecule has 94 valence electrons. The molecule has 1 aromatic rings.